The van der Waals surface area contributed by atoms with Gasteiger partial charge in [-0.3, -0.25) is 0 Å². The number of aryl methyl sites for hydroxylation is 1. The molecule has 0 spiro atoms. The summed E-state index contributed by atoms with van der Waals surface area (Å²) in [5.74, 6) is 0.854. The quantitative estimate of drug-likeness (QED) is 0.877. The summed E-state index contributed by atoms with van der Waals surface area (Å²) in [6.45, 7) is 5.35. The van der Waals surface area contributed by atoms with E-state index in [9.17, 15) is 0 Å². The highest BCUT2D eigenvalue weighted by molar-refractivity contribution is 5.87. The Labute approximate surface area is 102 Å². The van der Waals surface area contributed by atoms with Gasteiger partial charge in [0.1, 0.15) is 11.3 Å². The van der Waals surface area contributed by atoms with Crippen LogP contribution in [-0.2, 0) is 6.42 Å². The number of aromatic nitrogens is 1. The molecule has 17 heavy (non-hydrogen) atoms. The minimum absolute atomic E-state index is 0.620. The smallest absolute Gasteiger partial charge is 0.145 e. The Morgan fingerprint density at radius 2 is 2.18 bits per heavy atom. The molecule has 0 saturated heterocycles. The minimum Gasteiger partial charge on any atom is -0.492 e. The molecular weight excluding hydrogens is 212 g/mol. The Hall–Kier alpha value is -1.61. The zero-order valence-corrected chi connectivity index (χ0v) is 10.4. The summed E-state index contributed by atoms with van der Waals surface area (Å²) in [4.78, 5) is 4.64. The van der Waals surface area contributed by atoms with Crippen LogP contribution in [0.5, 0.6) is 5.75 Å². The molecule has 0 saturated carbocycles. The summed E-state index contributed by atoms with van der Waals surface area (Å²) >= 11 is 0. The summed E-state index contributed by atoms with van der Waals surface area (Å²) in [6, 6.07) is 8.15. The standard InChI is InChI=1S/C14H18N2O/c1-3-17-13-6-4-5-12-10(2)9-11(7-8-15)16-14(12)13/h4-6,9H,3,7-8,15H2,1-2H3. The summed E-state index contributed by atoms with van der Waals surface area (Å²) in [7, 11) is 0. The molecule has 2 N–H and O–H groups in total. The van der Waals surface area contributed by atoms with Gasteiger partial charge < -0.3 is 10.5 Å². The van der Waals surface area contributed by atoms with E-state index in [4.69, 9.17) is 10.5 Å². The SMILES string of the molecule is CCOc1cccc2c(C)cc(CCN)nc12. The first-order valence-corrected chi connectivity index (χ1v) is 5.98. The van der Waals surface area contributed by atoms with E-state index in [0.29, 0.717) is 13.2 Å². The number of pyridine rings is 1. The van der Waals surface area contributed by atoms with Crippen LogP contribution in [0, 0.1) is 6.92 Å². The van der Waals surface area contributed by atoms with Gasteiger partial charge in [-0.05, 0) is 38.1 Å². The highest BCUT2D eigenvalue weighted by Crippen LogP contribution is 2.26. The number of para-hydroxylation sites is 1. The van der Waals surface area contributed by atoms with Gasteiger partial charge in [-0.15, -0.1) is 0 Å². The van der Waals surface area contributed by atoms with Crippen molar-refractivity contribution in [3.8, 4) is 5.75 Å². The highest BCUT2D eigenvalue weighted by atomic mass is 16.5. The number of fused-ring (bicyclic) bond motifs is 1. The fraction of sp³-hybridized carbons (Fsp3) is 0.357. The molecule has 2 aromatic rings. The van der Waals surface area contributed by atoms with Crippen LogP contribution in [0.2, 0.25) is 0 Å². The van der Waals surface area contributed by atoms with Crippen molar-refractivity contribution in [2.75, 3.05) is 13.2 Å². The fourth-order valence-corrected chi connectivity index (χ4v) is 2.01. The molecule has 0 aliphatic heterocycles. The van der Waals surface area contributed by atoms with Crippen molar-refractivity contribution in [3.05, 3.63) is 35.5 Å². The number of nitrogens with two attached hydrogens (primary N) is 1. The topological polar surface area (TPSA) is 48.1 Å². The number of rotatable bonds is 4. The van der Waals surface area contributed by atoms with E-state index in [1.54, 1.807) is 0 Å². The molecule has 1 aromatic carbocycles. The lowest BCUT2D eigenvalue weighted by Gasteiger charge is -2.10. The number of hydrogen-bond donors (Lipinski definition) is 1. The normalized spacial score (nSPS) is 10.8. The van der Waals surface area contributed by atoms with E-state index < -0.39 is 0 Å². The molecule has 1 heterocycles. The predicted octanol–water partition coefficient (Wildman–Crippen LogP) is 2.44. The summed E-state index contributed by atoms with van der Waals surface area (Å²) in [5, 5.41) is 1.15. The van der Waals surface area contributed by atoms with E-state index in [2.05, 4.69) is 24.0 Å². The Morgan fingerprint density at radius 1 is 1.35 bits per heavy atom. The molecule has 3 nitrogen and oxygen atoms in total. The number of ether oxygens (including phenoxy) is 1. The van der Waals surface area contributed by atoms with Crippen LogP contribution in [0.4, 0.5) is 0 Å². The molecule has 1 aromatic heterocycles. The minimum atomic E-state index is 0.620. The van der Waals surface area contributed by atoms with Crippen LogP contribution < -0.4 is 10.5 Å². The Bertz CT molecular complexity index is 523. The lowest BCUT2D eigenvalue weighted by atomic mass is 10.1. The van der Waals surface area contributed by atoms with Gasteiger partial charge in [0.25, 0.3) is 0 Å². The van der Waals surface area contributed by atoms with Gasteiger partial charge in [-0.2, -0.15) is 0 Å². The monoisotopic (exact) mass is 230 g/mol. The summed E-state index contributed by atoms with van der Waals surface area (Å²) in [5.41, 5.74) is 8.78. The maximum absolute atomic E-state index is 5.61. The van der Waals surface area contributed by atoms with Gasteiger partial charge in [0.15, 0.2) is 0 Å². The van der Waals surface area contributed by atoms with Crippen molar-refractivity contribution in [2.24, 2.45) is 5.73 Å². The van der Waals surface area contributed by atoms with Gasteiger partial charge in [-0.1, -0.05) is 12.1 Å². The van der Waals surface area contributed by atoms with Crippen LogP contribution in [0.3, 0.4) is 0 Å². The zero-order valence-electron chi connectivity index (χ0n) is 10.4. The maximum Gasteiger partial charge on any atom is 0.145 e. The lowest BCUT2D eigenvalue weighted by Crippen LogP contribution is -2.05. The molecule has 0 unspecified atom stereocenters. The Kier molecular flexibility index (Phi) is 3.59. The molecule has 0 atom stereocenters. The third kappa shape index (κ3) is 2.39. The van der Waals surface area contributed by atoms with Crippen LogP contribution >= 0.6 is 0 Å². The first kappa shape index (κ1) is 11.9. The van der Waals surface area contributed by atoms with Crippen molar-refractivity contribution in [3.63, 3.8) is 0 Å². The van der Waals surface area contributed by atoms with Crippen LogP contribution in [-0.4, -0.2) is 18.1 Å². The van der Waals surface area contributed by atoms with Crippen molar-refractivity contribution >= 4 is 10.9 Å². The molecule has 2 rings (SSSR count). The van der Waals surface area contributed by atoms with Gasteiger partial charge in [0, 0.05) is 17.5 Å². The number of hydrogen-bond acceptors (Lipinski definition) is 3. The molecule has 90 valence electrons. The van der Waals surface area contributed by atoms with Crippen molar-refractivity contribution in [1.29, 1.82) is 0 Å². The molecular formula is C14H18N2O. The second-order valence-electron chi connectivity index (χ2n) is 4.05. The molecule has 0 aliphatic carbocycles. The van der Waals surface area contributed by atoms with Crippen molar-refractivity contribution in [2.45, 2.75) is 20.3 Å². The third-order valence-corrected chi connectivity index (χ3v) is 2.76. The van der Waals surface area contributed by atoms with E-state index in [1.165, 1.54) is 5.56 Å². The summed E-state index contributed by atoms with van der Waals surface area (Å²) < 4.78 is 5.61. The third-order valence-electron chi connectivity index (χ3n) is 2.76. The van der Waals surface area contributed by atoms with Gasteiger partial charge >= 0.3 is 0 Å². The Balaban J connectivity index is 2.60. The lowest BCUT2D eigenvalue weighted by molar-refractivity contribution is 0.343. The van der Waals surface area contributed by atoms with E-state index >= 15 is 0 Å². The molecule has 0 aliphatic rings. The van der Waals surface area contributed by atoms with Crippen LogP contribution in [0.25, 0.3) is 10.9 Å². The average molecular weight is 230 g/mol. The second-order valence-corrected chi connectivity index (χ2v) is 4.05. The van der Waals surface area contributed by atoms with Gasteiger partial charge in [-0.25, -0.2) is 4.98 Å². The molecule has 0 amide bonds. The van der Waals surface area contributed by atoms with E-state index in [-0.39, 0.29) is 0 Å². The summed E-state index contributed by atoms with van der Waals surface area (Å²) in [6.07, 6.45) is 0.803. The van der Waals surface area contributed by atoms with Crippen molar-refractivity contribution in [1.82, 2.24) is 4.98 Å². The first-order chi connectivity index (χ1) is 8.26. The largest absolute Gasteiger partial charge is 0.492 e. The molecule has 3 heteroatoms. The second kappa shape index (κ2) is 5.15. The van der Waals surface area contributed by atoms with Crippen LogP contribution in [0.15, 0.2) is 24.3 Å². The van der Waals surface area contributed by atoms with Gasteiger partial charge in [0.2, 0.25) is 0 Å². The van der Waals surface area contributed by atoms with Crippen LogP contribution in [0.1, 0.15) is 18.2 Å². The zero-order chi connectivity index (χ0) is 12.3. The fourth-order valence-electron chi connectivity index (χ4n) is 2.01. The molecule has 0 fully saturated rings. The molecule has 0 bridgehead atoms. The van der Waals surface area contributed by atoms with Crippen molar-refractivity contribution < 1.29 is 4.74 Å². The van der Waals surface area contributed by atoms with E-state index in [0.717, 1.165) is 28.8 Å². The highest BCUT2D eigenvalue weighted by Gasteiger charge is 2.07. The number of nitrogens with zero attached hydrogens (tertiary/aromatic N) is 1. The van der Waals surface area contributed by atoms with E-state index in [1.807, 2.05) is 19.1 Å². The van der Waals surface area contributed by atoms with Gasteiger partial charge in [0.05, 0.1) is 6.61 Å². The molecule has 0 radical (unpaired) electrons. The Morgan fingerprint density at radius 3 is 2.88 bits per heavy atom. The average Bonchev–Trinajstić information content (AvgIpc) is 2.31. The maximum atomic E-state index is 5.61. The first-order valence-electron chi connectivity index (χ1n) is 5.98. The number of benzene rings is 1. The predicted molar refractivity (Wildman–Crippen MR) is 70.4 cm³/mol.